The molecule has 5 heteroatoms. The van der Waals surface area contributed by atoms with Crippen molar-refractivity contribution in [2.75, 3.05) is 26.9 Å². The molecule has 1 aromatic heterocycles. The van der Waals surface area contributed by atoms with E-state index in [-0.39, 0.29) is 12.1 Å². The summed E-state index contributed by atoms with van der Waals surface area (Å²) in [5.41, 5.74) is 1.13. The summed E-state index contributed by atoms with van der Waals surface area (Å²) in [4.78, 5) is 5.96. The van der Waals surface area contributed by atoms with E-state index in [2.05, 4.69) is 24.1 Å². The van der Waals surface area contributed by atoms with E-state index in [1.165, 1.54) is 4.88 Å². The first-order valence-electron chi connectivity index (χ1n) is 6.50. The van der Waals surface area contributed by atoms with E-state index in [0.29, 0.717) is 6.61 Å². The summed E-state index contributed by atoms with van der Waals surface area (Å²) >= 11 is 1.77. The van der Waals surface area contributed by atoms with Crippen molar-refractivity contribution in [1.29, 1.82) is 0 Å². The molecule has 2 rings (SSSR count). The summed E-state index contributed by atoms with van der Waals surface area (Å²) in [6.07, 6.45) is 2.52. The number of thiazole rings is 1. The largest absolute Gasteiger partial charge is 0.383 e. The Bertz CT molecular complexity index is 356. The molecule has 1 saturated heterocycles. The van der Waals surface area contributed by atoms with Crippen molar-refractivity contribution in [3.05, 3.63) is 15.6 Å². The molecule has 2 heterocycles. The molecule has 0 bridgehead atoms. The molecule has 18 heavy (non-hydrogen) atoms. The molecule has 0 aromatic carbocycles. The van der Waals surface area contributed by atoms with Crippen molar-refractivity contribution in [2.24, 2.45) is 0 Å². The van der Waals surface area contributed by atoms with Crippen LogP contribution in [0.2, 0.25) is 0 Å². The Morgan fingerprint density at radius 2 is 2.39 bits per heavy atom. The topological polar surface area (TPSA) is 43.4 Å². The third-order valence-electron chi connectivity index (χ3n) is 3.32. The van der Waals surface area contributed by atoms with Crippen molar-refractivity contribution in [3.8, 4) is 0 Å². The number of methoxy groups -OCH3 is 1. The maximum Gasteiger partial charge on any atom is 0.113 e. The second-order valence-electron chi connectivity index (χ2n) is 4.67. The Hall–Kier alpha value is -0.490. The molecular weight excluding hydrogens is 248 g/mol. The number of aromatic nitrogens is 1. The van der Waals surface area contributed by atoms with E-state index in [4.69, 9.17) is 9.47 Å². The number of nitrogens with zero attached hydrogens (tertiary/aromatic N) is 1. The zero-order chi connectivity index (χ0) is 13.0. The Morgan fingerprint density at radius 1 is 1.56 bits per heavy atom. The van der Waals surface area contributed by atoms with Crippen molar-refractivity contribution in [3.63, 3.8) is 0 Å². The third-order valence-corrected chi connectivity index (χ3v) is 4.47. The zero-order valence-corrected chi connectivity index (χ0v) is 12.2. The first-order valence-corrected chi connectivity index (χ1v) is 7.32. The van der Waals surface area contributed by atoms with E-state index in [9.17, 15) is 0 Å². The fraction of sp³-hybridized carbons (Fsp3) is 0.769. The van der Waals surface area contributed by atoms with Gasteiger partial charge in [0.05, 0.1) is 24.4 Å². The molecular formula is C13H22N2O2S. The Balaban J connectivity index is 2.07. The minimum absolute atomic E-state index is 0.208. The number of hydrogen-bond donors (Lipinski definition) is 1. The average molecular weight is 270 g/mol. The van der Waals surface area contributed by atoms with Gasteiger partial charge in [-0.05, 0) is 26.7 Å². The van der Waals surface area contributed by atoms with Gasteiger partial charge in [-0.25, -0.2) is 4.98 Å². The summed E-state index contributed by atoms with van der Waals surface area (Å²) in [6, 6.07) is 0.208. The predicted octanol–water partition coefficient (Wildman–Crippen LogP) is 2.22. The summed E-state index contributed by atoms with van der Waals surface area (Å²) < 4.78 is 10.9. The highest BCUT2D eigenvalue weighted by Crippen LogP contribution is 2.30. The number of aryl methyl sites for hydroxylation is 2. The van der Waals surface area contributed by atoms with Gasteiger partial charge < -0.3 is 14.8 Å². The monoisotopic (exact) mass is 270 g/mol. The van der Waals surface area contributed by atoms with Crippen LogP contribution in [-0.4, -0.2) is 38.0 Å². The molecule has 4 nitrogen and oxygen atoms in total. The van der Waals surface area contributed by atoms with Gasteiger partial charge in [0.1, 0.15) is 5.01 Å². The molecule has 1 aliphatic heterocycles. The number of nitrogens with one attached hydrogen (secondary N) is 1. The van der Waals surface area contributed by atoms with Gasteiger partial charge >= 0.3 is 0 Å². The predicted molar refractivity (Wildman–Crippen MR) is 73.2 cm³/mol. The second kappa shape index (κ2) is 6.61. The molecule has 2 unspecified atom stereocenters. The quantitative estimate of drug-likeness (QED) is 0.805. The lowest BCUT2D eigenvalue weighted by molar-refractivity contribution is 0.0747. The molecule has 0 saturated carbocycles. The molecule has 102 valence electrons. The third kappa shape index (κ3) is 3.29. The molecule has 0 spiro atoms. The fourth-order valence-electron chi connectivity index (χ4n) is 2.19. The van der Waals surface area contributed by atoms with Gasteiger partial charge in [0.2, 0.25) is 0 Å². The summed E-state index contributed by atoms with van der Waals surface area (Å²) in [6.45, 7) is 6.61. The lowest BCUT2D eigenvalue weighted by Crippen LogP contribution is -2.33. The van der Waals surface area contributed by atoms with Gasteiger partial charge in [0, 0.05) is 25.1 Å². The second-order valence-corrected chi connectivity index (χ2v) is 5.90. The zero-order valence-electron chi connectivity index (χ0n) is 11.4. The summed E-state index contributed by atoms with van der Waals surface area (Å²) in [7, 11) is 1.72. The van der Waals surface area contributed by atoms with E-state index in [1.807, 2.05) is 0 Å². The van der Waals surface area contributed by atoms with E-state index in [0.717, 1.165) is 36.7 Å². The van der Waals surface area contributed by atoms with Crippen LogP contribution in [0, 0.1) is 13.8 Å². The molecule has 1 aromatic rings. The number of ether oxygens (including phenoxy) is 2. The smallest absolute Gasteiger partial charge is 0.113 e. The molecule has 1 aliphatic rings. The molecule has 1 N–H and O–H groups in total. The Kier molecular flexibility index (Phi) is 5.12. The molecule has 0 radical (unpaired) electrons. The van der Waals surface area contributed by atoms with Crippen LogP contribution in [0.25, 0.3) is 0 Å². The summed E-state index contributed by atoms with van der Waals surface area (Å²) in [5, 5.41) is 4.66. The van der Waals surface area contributed by atoms with Crippen LogP contribution >= 0.6 is 11.3 Å². The van der Waals surface area contributed by atoms with Crippen LogP contribution in [0.5, 0.6) is 0 Å². The van der Waals surface area contributed by atoms with Crippen LogP contribution in [0.3, 0.4) is 0 Å². The van der Waals surface area contributed by atoms with Crippen LogP contribution in [0.15, 0.2) is 0 Å². The van der Waals surface area contributed by atoms with Gasteiger partial charge in [0.25, 0.3) is 0 Å². The molecule has 1 fully saturated rings. The maximum atomic E-state index is 5.81. The highest BCUT2D eigenvalue weighted by atomic mass is 32.1. The van der Waals surface area contributed by atoms with E-state index in [1.54, 1.807) is 18.4 Å². The van der Waals surface area contributed by atoms with Crippen LogP contribution in [-0.2, 0) is 9.47 Å². The SMILES string of the molecule is COCCNC(c1nc(C)c(C)s1)C1CCCO1. The molecule has 2 atom stereocenters. The van der Waals surface area contributed by atoms with Gasteiger partial charge in [-0.3, -0.25) is 0 Å². The van der Waals surface area contributed by atoms with Crippen molar-refractivity contribution < 1.29 is 9.47 Å². The van der Waals surface area contributed by atoms with E-state index >= 15 is 0 Å². The normalized spacial score (nSPS) is 21.4. The fourth-order valence-corrected chi connectivity index (χ4v) is 3.24. The van der Waals surface area contributed by atoms with Crippen LogP contribution in [0.1, 0.15) is 34.5 Å². The van der Waals surface area contributed by atoms with Crippen molar-refractivity contribution in [1.82, 2.24) is 10.3 Å². The van der Waals surface area contributed by atoms with Crippen molar-refractivity contribution in [2.45, 2.75) is 38.8 Å². The minimum atomic E-state index is 0.208. The van der Waals surface area contributed by atoms with Crippen molar-refractivity contribution >= 4 is 11.3 Å². The van der Waals surface area contributed by atoms with E-state index < -0.39 is 0 Å². The highest BCUT2D eigenvalue weighted by molar-refractivity contribution is 7.11. The standard InChI is InChI=1S/C13H22N2O2S/c1-9-10(2)18-13(15-9)12(14-6-8-16-3)11-5-4-7-17-11/h11-12,14H,4-8H2,1-3H3. The minimum Gasteiger partial charge on any atom is -0.383 e. The first-order chi connectivity index (χ1) is 8.72. The van der Waals surface area contributed by atoms with Gasteiger partial charge in [-0.1, -0.05) is 0 Å². The maximum absolute atomic E-state index is 5.81. The van der Waals surface area contributed by atoms with Gasteiger partial charge in [-0.2, -0.15) is 0 Å². The first kappa shape index (κ1) is 13.9. The van der Waals surface area contributed by atoms with Crippen LogP contribution < -0.4 is 5.32 Å². The lowest BCUT2D eigenvalue weighted by atomic mass is 10.1. The summed E-state index contributed by atoms with van der Waals surface area (Å²) in [5.74, 6) is 0. The average Bonchev–Trinajstić information content (AvgIpc) is 2.96. The van der Waals surface area contributed by atoms with Gasteiger partial charge in [0.15, 0.2) is 0 Å². The number of hydrogen-bond acceptors (Lipinski definition) is 5. The highest BCUT2D eigenvalue weighted by Gasteiger charge is 2.29. The molecule has 0 amide bonds. The Morgan fingerprint density at radius 3 is 2.94 bits per heavy atom. The lowest BCUT2D eigenvalue weighted by Gasteiger charge is -2.22. The Labute approximate surface area is 113 Å². The number of rotatable bonds is 6. The molecule has 0 aliphatic carbocycles. The van der Waals surface area contributed by atoms with Gasteiger partial charge in [-0.15, -0.1) is 11.3 Å². The van der Waals surface area contributed by atoms with Crippen LogP contribution in [0.4, 0.5) is 0 Å².